The number of hydrogen-bond donors (Lipinski definition) is 2. The molecule has 5 aliphatic rings. The number of rotatable bonds is 5. The number of hydrogen-bond acceptors (Lipinski definition) is 4. The Morgan fingerprint density at radius 2 is 1.94 bits per heavy atom. The lowest BCUT2D eigenvalue weighted by Crippen LogP contribution is -2.63. The van der Waals surface area contributed by atoms with Crippen LogP contribution in [0.1, 0.15) is 44.1 Å². The highest BCUT2D eigenvalue weighted by molar-refractivity contribution is 8.00. The van der Waals surface area contributed by atoms with Crippen LogP contribution in [-0.4, -0.2) is 40.4 Å². The average molecular weight is 450 g/mol. The maximum atomic E-state index is 14.2. The summed E-state index contributed by atoms with van der Waals surface area (Å²) in [6, 6.07) is 3.70. The minimum atomic E-state index is -0.598. The van der Waals surface area contributed by atoms with E-state index in [9.17, 15) is 18.4 Å². The van der Waals surface area contributed by atoms with Gasteiger partial charge in [-0.2, -0.15) is 0 Å². The summed E-state index contributed by atoms with van der Waals surface area (Å²) in [4.78, 5) is 27.5. The molecule has 4 saturated carbocycles. The summed E-state index contributed by atoms with van der Waals surface area (Å²) in [5.74, 6) is 0.653. The molecule has 31 heavy (non-hydrogen) atoms. The summed E-state index contributed by atoms with van der Waals surface area (Å²) in [5, 5.41) is 2.93. The molecule has 0 radical (unpaired) electrons. The SMILES string of the molecule is NC(=O)C12CC3CC(C1)C(NC(=O)C1SCCCN1Cc1ccc(F)cc1F)C(C3)C2. The van der Waals surface area contributed by atoms with Crippen LogP contribution < -0.4 is 11.1 Å². The maximum absolute atomic E-state index is 14.2. The first-order valence-electron chi connectivity index (χ1n) is 11.2. The van der Waals surface area contributed by atoms with Crippen LogP contribution in [0.2, 0.25) is 0 Å². The highest BCUT2D eigenvalue weighted by Gasteiger charge is 2.58. The molecule has 5 fully saturated rings. The van der Waals surface area contributed by atoms with Gasteiger partial charge in [-0.3, -0.25) is 14.5 Å². The van der Waals surface area contributed by atoms with Gasteiger partial charge in [0.2, 0.25) is 11.8 Å². The number of nitrogens with zero attached hydrogens (tertiary/aromatic N) is 1. The second-order valence-electron chi connectivity index (χ2n) is 9.93. The topological polar surface area (TPSA) is 75.4 Å². The van der Waals surface area contributed by atoms with Crippen molar-refractivity contribution in [2.24, 2.45) is 28.9 Å². The molecule has 168 valence electrons. The summed E-state index contributed by atoms with van der Waals surface area (Å²) in [5.41, 5.74) is 5.81. The van der Waals surface area contributed by atoms with E-state index in [1.165, 1.54) is 12.1 Å². The molecule has 5 nitrogen and oxygen atoms in total. The van der Waals surface area contributed by atoms with Crippen LogP contribution in [-0.2, 0) is 16.1 Å². The molecule has 1 aliphatic heterocycles. The molecular weight excluding hydrogens is 420 g/mol. The summed E-state index contributed by atoms with van der Waals surface area (Å²) in [6.07, 6.45) is 5.50. The van der Waals surface area contributed by atoms with E-state index >= 15 is 0 Å². The zero-order valence-electron chi connectivity index (χ0n) is 17.5. The lowest BCUT2D eigenvalue weighted by Gasteiger charge is -2.59. The van der Waals surface area contributed by atoms with Gasteiger partial charge in [0, 0.05) is 36.2 Å². The van der Waals surface area contributed by atoms with Crippen molar-refractivity contribution in [3.05, 3.63) is 35.4 Å². The van der Waals surface area contributed by atoms with Gasteiger partial charge in [0.15, 0.2) is 0 Å². The van der Waals surface area contributed by atoms with Gasteiger partial charge in [0.05, 0.1) is 0 Å². The van der Waals surface area contributed by atoms with Crippen LogP contribution in [0, 0.1) is 34.8 Å². The number of amides is 2. The number of benzene rings is 1. The third-order valence-corrected chi connectivity index (χ3v) is 9.27. The smallest absolute Gasteiger partial charge is 0.247 e. The molecule has 3 N–H and O–H groups in total. The Labute approximate surface area is 185 Å². The average Bonchev–Trinajstić information content (AvgIpc) is 2.72. The zero-order valence-corrected chi connectivity index (χ0v) is 18.3. The number of halogens is 2. The molecule has 4 bridgehead atoms. The van der Waals surface area contributed by atoms with Crippen molar-refractivity contribution in [2.75, 3.05) is 12.3 Å². The van der Waals surface area contributed by atoms with Crippen LogP contribution in [0.15, 0.2) is 18.2 Å². The number of thioether (sulfide) groups is 1. The third kappa shape index (κ3) is 3.86. The van der Waals surface area contributed by atoms with E-state index in [4.69, 9.17) is 5.73 Å². The Hall–Kier alpha value is -1.67. The molecule has 3 atom stereocenters. The van der Waals surface area contributed by atoms with Crippen molar-refractivity contribution in [3.8, 4) is 0 Å². The standard InChI is InChI=1S/C23H29F2N3O2S/c24-17-3-2-14(18(25)8-17)12-28-4-1-5-31-21(28)20(29)27-19-15-6-13-7-16(19)11-23(9-13,10-15)22(26)30/h2-3,8,13,15-16,19,21H,1,4-7,9-12H2,(H2,26,30)(H,27,29). The molecule has 1 heterocycles. The largest absolute Gasteiger partial charge is 0.369 e. The molecule has 1 saturated heterocycles. The van der Waals surface area contributed by atoms with Crippen molar-refractivity contribution in [1.29, 1.82) is 0 Å². The zero-order chi connectivity index (χ0) is 21.8. The van der Waals surface area contributed by atoms with Crippen LogP contribution in [0.3, 0.4) is 0 Å². The van der Waals surface area contributed by atoms with E-state index in [1.54, 1.807) is 11.8 Å². The van der Waals surface area contributed by atoms with Crippen molar-refractivity contribution >= 4 is 23.6 Å². The summed E-state index contributed by atoms with van der Waals surface area (Å²) in [7, 11) is 0. The van der Waals surface area contributed by atoms with Gasteiger partial charge in [0.1, 0.15) is 17.0 Å². The van der Waals surface area contributed by atoms with E-state index in [2.05, 4.69) is 5.32 Å². The summed E-state index contributed by atoms with van der Waals surface area (Å²) >= 11 is 1.58. The summed E-state index contributed by atoms with van der Waals surface area (Å²) in [6.45, 7) is 0.980. The normalized spacial score (nSPS) is 37.0. The number of primary amides is 1. The van der Waals surface area contributed by atoms with Crippen LogP contribution in [0.4, 0.5) is 8.78 Å². The minimum absolute atomic E-state index is 0.0298. The molecule has 0 aromatic heterocycles. The molecule has 6 rings (SSSR count). The van der Waals surface area contributed by atoms with E-state index in [1.807, 2.05) is 4.90 Å². The minimum Gasteiger partial charge on any atom is -0.369 e. The highest BCUT2D eigenvalue weighted by Crippen LogP contribution is 2.60. The van der Waals surface area contributed by atoms with E-state index in [0.717, 1.165) is 50.3 Å². The lowest BCUT2D eigenvalue weighted by atomic mass is 9.47. The first-order valence-corrected chi connectivity index (χ1v) is 12.3. The van der Waals surface area contributed by atoms with Crippen LogP contribution in [0.25, 0.3) is 0 Å². The second-order valence-corrected chi connectivity index (χ2v) is 11.1. The van der Waals surface area contributed by atoms with Gasteiger partial charge < -0.3 is 11.1 Å². The quantitative estimate of drug-likeness (QED) is 0.725. The van der Waals surface area contributed by atoms with Crippen molar-refractivity contribution in [1.82, 2.24) is 10.2 Å². The van der Waals surface area contributed by atoms with Gasteiger partial charge in [-0.05, 0) is 68.1 Å². The van der Waals surface area contributed by atoms with Crippen molar-refractivity contribution in [2.45, 2.75) is 56.5 Å². The first kappa shape index (κ1) is 21.2. The predicted molar refractivity (Wildman–Crippen MR) is 115 cm³/mol. The molecule has 2 amide bonds. The molecular formula is C23H29F2N3O2S. The van der Waals surface area contributed by atoms with E-state index in [0.29, 0.717) is 29.9 Å². The van der Waals surface area contributed by atoms with Gasteiger partial charge in [0.25, 0.3) is 0 Å². The molecule has 8 heteroatoms. The third-order valence-electron chi connectivity index (χ3n) is 7.91. The Balaban J connectivity index is 1.29. The predicted octanol–water partition coefficient (Wildman–Crippen LogP) is 3.03. The highest BCUT2D eigenvalue weighted by atomic mass is 32.2. The molecule has 1 aromatic rings. The van der Waals surface area contributed by atoms with Crippen LogP contribution in [0.5, 0.6) is 0 Å². The number of carbonyl (C=O) groups excluding carboxylic acids is 2. The van der Waals surface area contributed by atoms with E-state index in [-0.39, 0.29) is 35.2 Å². The molecule has 4 aliphatic carbocycles. The Bertz CT molecular complexity index is 882. The number of nitrogens with one attached hydrogen (secondary N) is 1. The number of carbonyl (C=O) groups is 2. The van der Waals surface area contributed by atoms with Gasteiger partial charge in [-0.1, -0.05) is 6.07 Å². The number of nitrogens with two attached hydrogens (primary N) is 1. The van der Waals surface area contributed by atoms with Crippen molar-refractivity contribution in [3.63, 3.8) is 0 Å². The fourth-order valence-electron chi connectivity index (χ4n) is 6.75. The Morgan fingerprint density at radius 1 is 1.19 bits per heavy atom. The monoisotopic (exact) mass is 449 g/mol. The first-order chi connectivity index (χ1) is 14.8. The molecule has 0 spiro atoms. The Morgan fingerprint density at radius 3 is 2.61 bits per heavy atom. The van der Waals surface area contributed by atoms with Gasteiger partial charge in [-0.25, -0.2) is 8.78 Å². The van der Waals surface area contributed by atoms with E-state index < -0.39 is 11.6 Å². The Kier molecular flexibility index (Phi) is 5.49. The maximum Gasteiger partial charge on any atom is 0.247 e. The molecule has 1 aromatic carbocycles. The second kappa shape index (κ2) is 8.03. The van der Waals surface area contributed by atoms with Crippen LogP contribution >= 0.6 is 11.8 Å². The van der Waals surface area contributed by atoms with Gasteiger partial charge in [-0.15, -0.1) is 11.8 Å². The van der Waals surface area contributed by atoms with Gasteiger partial charge >= 0.3 is 0 Å². The fourth-order valence-corrected chi connectivity index (χ4v) is 7.88. The summed E-state index contributed by atoms with van der Waals surface area (Å²) < 4.78 is 27.5. The molecule has 3 unspecified atom stereocenters. The fraction of sp³-hybridized carbons (Fsp3) is 0.652. The lowest BCUT2D eigenvalue weighted by molar-refractivity contribution is -0.147. The van der Waals surface area contributed by atoms with Crippen molar-refractivity contribution < 1.29 is 18.4 Å².